The summed E-state index contributed by atoms with van der Waals surface area (Å²) >= 11 is 0. The fraction of sp³-hybridized carbons (Fsp3) is 0.481. The Hall–Kier alpha value is -2.14. The third-order valence-electron chi connectivity index (χ3n) is 5.91. The smallest absolute Gasteiger partial charge is 0.0564 e. The van der Waals surface area contributed by atoms with E-state index in [1.165, 1.54) is 30.4 Å². The van der Waals surface area contributed by atoms with E-state index in [-0.39, 0.29) is 5.41 Å². The molecule has 4 nitrogen and oxygen atoms in total. The van der Waals surface area contributed by atoms with Gasteiger partial charge in [-0.1, -0.05) is 67.2 Å². The van der Waals surface area contributed by atoms with Crippen molar-refractivity contribution in [1.29, 1.82) is 0 Å². The molecule has 0 aromatic heterocycles. The Bertz CT molecular complexity index is 675. The van der Waals surface area contributed by atoms with E-state index in [1.807, 2.05) is 7.05 Å². The lowest BCUT2D eigenvalue weighted by molar-refractivity contribution is 0.547. The monoisotopic (exact) mass is 422 g/mol. The van der Waals surface area contributed by atoms with Crippen molar-refractivity contribution >= 4 is 0 Å². The van der Waals surface area contributed by atoms with Gasteiger partial charge in [-0.15, -0.1) is 0 Å². The summed E-state index contributed by atoms with van der Waals surface area (Å²) in [5, 5.41) is 13.8. The van der Waals surface area contributed by atoms with Crippen LogP contribution in [0.25, 0.3) is 0 Å². The van der Waals surface area contributed by atoms with Crippen LogP contribution >= 0.6 is 0 Å². The highest BCUT2D eigenvalue weighted by molar-refractivity contribution is 5.46. The second-order valence-corrected chi connectivity index (χ2v) is 8.28. The molecule has 0 saturated heterocycles. The Kier molecular flexibility index (Phi) is 12.0. The van der Waals surface area contributed by atoms with Gasteiger partial charge < -0.3 is 21.3 Å². The largest absolute Gasteiger partial charge is 0.388 e. The van der Waals surface area contributed by atoms with Gasteiger partial charge in [-0.05, 0) is 83.5 Å². The standard InChI is InChI=1S/C27H42N4/c1-24(31-23-13-22-30-20-11-10-19-29-21-12-18-28-3)27(2,25-14-6-4-7-15-25)26-16-8-5-9-17-26/h4-9,14-17,28-31H,1,10-13,18-23H2,2-3H3. The highest BCUT2D eigenvalue weighted by Gasteiger charge is 2.31. The van der Waals surface area contributed by atoms with Crippen LogP contribution in [0.1, 0.15) is 43.7 Å². The van der Waals surface area contributed by atoms with Crippen molar-refractivity contribution in [2.24, 2.45) is 0 Å². The van der Waals surface area contributed by atoms with E-state index in [4.69, 9.17) is 0 Å². The van der Waals surface area contributed by atoms with Crippen LogP contribution < -0.4 is 21.3 Å². The van der Waals surface area contributed by atoms with E-state index in [2.05, 4.69) is 95.4 Å². The van der Waals surface area contributed by atoms with Gasteiger partial charge in [0.2, 0.25) is 0 Å². The highest BCUT2D eigenvalue weighted by atomic mass is 14.9. The van der Waals surface area contributed by atoms with Gasteiger partial charge in [-0.25, -0.2) is 0 Å². The summed E-state index contributed by atoms with van der Waals surface area (Å²) < 4.78 is 0. The molecule has 0 aliphatic carbocycles. The number of benzene rings is 2. The molecule has 4 heteroatoms. The summed E-state index contributed by atoms with van der Waals surface area (Å²) in [6.45, 7) is 13.0. The van der Waals surface area contributed by atoms with Crippen LogP contribution in [0.3, 0.4) is 0 Å². The fourth-order valence-corrected chi connectivity index (χ4v) is 3.83. The maximum atomic E-state index is 4.43. The number of hydrogen-bond acceptors (Lipinski definition) is 4. The topological polar surface area (TPSA) is 48.1 Å². The summed E-state index contributed by atoms with van der Waals surface area (Å²) in [4.78, 5) is 0. The Balaban J connectivity index is 1.67. The molecule has 2 aromatic carbocycles. The normalized spacial score (nSPS) is 11.4. The lowest BCUT2D eigenvalue weighted by Gasteiger charge is -2.34. The van der Waals surface area contributed by atoms with Gasteiger partial charge in [0.05, 0.1) is 5.41 Å². The molecule has 0 aliphatic rings. The lowest BCUT2D eigenvalue weighted by Crippen LogP contribution is -2.35. The first-order chi connectivity index (χ1) is 15.2. The quantitative estimate of drug-likeness (QED) is 0.291. The van der Waals surface area contributed by atoms with Crippen LogP contribution in [0, 0.1) is 0 Å². The number of hydrogen-bond donors (Lipinski definition) is 4. The Morgan fingerprint density at radius 2 is 1.13 bits per heavy atom. The molecule has 0 fully saturated rings. The summed E-state index contributed by atoms with van der Waals surface area (Å²) in [7, 11) is 2.00. The van der Waals surface area contributed by atoms with Crippen molar-refractivity contribution in [2.45, 2.75) is 38.0 Å². The van der Waals surface area contributed by atoms with Crippen LogP contribution in [0.2, 0.25) is 0 Å². The number of nitrogens with one attached hydrogen (secondary N) is 4. The predicted octanol–water partition coefficient (Wildman–Crippen LogP) is 4.05. The van der Waals surface area contributed by atoms with Crippen LogP contribution in [0.5, 0.6) is 0 Å². The van der Waals surface area contributed by atoms with Gasteiger partial charge in [0.15, 0.2) is 0 Å². The fourth-order valence-electron chi connectivity index (χ4n) is 3.83. The summed E-state index contributed by atoms with van der Waals surface area (Å²) in [5.41, 5.74) is 3.32. The van der Waals surface area contributed by atoms with Gasteiger partial charge in [0.1, 0.15) is 0 Å². The zero-order valence-electron chi connectivity index (χ0n) is 19.6. The van der Waals surface area contributed by atoms with E-state index in [0.29, 0.717) is 0 Å². The van der Waals surface area contributed by atoms with Crippen molar-refractivity contribution in [3.63, 3.8) is 0 Å². The first-order valence-electron chi connectivity index (χ1n) is 11.8. The maximum absolute atomic E-state index is 4.43. The second-order valence-electron chi connectivity index (χ2n) is 8.28. The second kappa shape index (κ2) is 14.8. The highest BCUT2D eigenvalue weighted by Crippen LogP contribution is 2.36. The van der Waals surface area contributed by atoms with E-state index >= 15 is 0 Å². The minimum absolute atomic E-state index is 0.254. The molecule has 170 valence electrons. The zero-order chi connectivity index (χ0) is 22.2. The molecule has 0 heterocycles. The SMILES string of the molecule is C=C(NCCCNCCCCNCCCNC)C(C)(c1ccccc1)c1ccccc1. The first kappa shape index (κ1) is 25.1. The molecular formula is C27H42N4. The van der Waals surface area contributed by atoms with Gasteiger partial charge in [-0.3, -0.25) is 0 Å². The van der Waals surface area contributed by atoms with E-state index in [1.54, 1.807) is 0 Å². The molecule has 4 N–H and O–H groups in total. The first-order valence-corrected chi connectivity index (χ1v) is 11.8. The molecule has 31 heavy (non-hydrogen) atoms. The third kappa shape index (κ3) is 8.48. The van der Waals surface area contributed by atoms with Crippen LogP contribution in [-0.4, -0.2) is 46.3 Å². The molecule has 0 radical (unpaired) electrons. The zero-order valence-corrected chi connectivity index (χ0v) is 19.6. The number of allylic oxidation sites excluding steroid dienone is 1. The molecule has 0 saturated carbocycles. The van der Waals surface area contributed by atoms with E-state index in [0.717, 1.165) is 51.4 Å². The van der Waals surface area contributed by atoms with Gasteiger partial charge in [-0.2, -0.15) is 0 Å². The van der Waals surface area contributed by atoms with Crippen molar-refractivity contribution in [3.8, 4) is 0 Å². The van der Waals surface area contributed by atoms with Crippen molar-refractivity contribution < 1.29 is 0 Å². The summed E-state index contributed by atoms with van der Waals surface area (Å²) in [5.74, 6) is 0. The van der Waals surface area contributed by atoms with Crippen LogP contribution in [0.4, 0.5) is 0 Å². The minimum atomic E-state index is -0.254. The van der Waals surface area contributed by atoms with Crippen LogP contribution in [-0.2, 0) is 5.41 Å². The summed E-state index contributed by atoms with van der Waals surface area (Å²) in [6.07, 6.45) is 4.73. The average molecular weight is 423 g/mol. The minimum Gasteiger partial charge on any atom is -0.388 e. The van der Waals surface area contributed by atoms with Gasteiger partial charge in [0, 0.05) is 12.2 Å². The molecule has 2 rings (SSSR count). The third-order valence-corrected chi connectivity index (χ3v) is 5.91. The molecule has 0 amide bonds. The number of unbranched alkanes of at least 4 members (excludes halogenated alkanes) is 1. The van der Waals surface area contributed by atoms with Crippen molar-refractivity contribution in [2.75, 3.05) is 46.3 Å². The Labute approximate surface area is 189 Å². The summed E-state index contributed by atoms with van der Waals surface area (Å²) in [6, 6.07) is 21.3. The van der Waals surface area contributed by atoms with Crippen LogP contribution in [0.15, 0.2) is 72.9 Å². The van der Waals surface area contributed by atoms with Crippen molar-refractivity contribution in [1.82, 2.24) is 21.3 Å². The predicted molar refractivity (Wildman–Crippen MR) is 135 cm³/mol. The number of rotatable bonds is 17. The van der Waals surface area contributed by atoms with Crippen molar-refractivity contribution in [3.05, 3.63) is 84.1 Å². The maximum Gasteiger partial charge on any atom is 0.0564 e. The van der Waals surface area contributed by atoms with Gasteiger partial charge >= 0.3 is 0 Å². The van der Waals surface area contributed by atoms with E-state index in [9.17, 15) is 0 Å². The molecular weight excluding hydrogens is 380 g/mol. The molecule has 0 aliphatic heterocycles. The molecule has 0 bridgehead atoms. The molecule has 2 aromatic rings. The average Bonchev–Trinajstić information content (AvgIpc) is 2.82. The molecule has 0 spiro atoms. The Morgan fingerprint density at radius 3 is 1.61 bits per heavy atom. The van der Waals surface area contributed by atoms with Gasteiger partial charge in [0.25, 0.3) is 0 Å². The lowest BCUT2D eigenvalue weighted by atomic mass is 9.74. The molecule has 0 atom stereocenters. The Morgan fingerprint density at radius 1 is 0.677 bits per heavy atom. The van der Waals surface area contributed by atoms with E-state index < -0.39 is 0 Å². The molecule has 0 unspecified atom stereocenters.